The number of likely N-dealkylation sites (tertiary alicyclic amines) is 1. The number of nitrogens with zero attached hydrogens (tertiary/aromatic N) is 3. The zero-order valence-electron chi connectivity index (χ0n) is 10.6. The van der Waals surface area contributed by atoms with Crippen LogP contribution in [0.3, 0.4) is 0 Å². The molecule has 0 bridgehead atoms. The van der Waals surface area contributed by atoms with E-state index in [2.05, 4.69) is 30.8 Å². The van der Waals surface area contributed by atoms with Crippen molar-refractivity contribution >= 4 is 21.8 Å². The summed E-state index contributed by atoms with van der Waals surface area (Å²) in [6, 6.07) is 0.405. The summed E-state index contributed by atoms with van der Waals surface area (Å²) in [7, 11) is 0. The average molecular weight is 329 g/mol. The Kier molecular flexibility index (Phi) is 5.09. The van der Waals surface area contributed by atoms with Gasteiger partial charge in [0, 0.05) is 12.4 Å². The number of piperidine rings is 1. The first-order valence-electron chi connectivity index (χ1n) is 6.24. The average Bonchev–Trinajstić information content (AvgIpc) is 2.39. The van der Waals surface area contributed by atoms with Crippen LogP contribution in [-0.4, -0.2) is 47.0 Å². The van der Waals surface area contributed by atoms with Crippen molar-refractivity contribution in [1.29, 1.82) is 0 Å². The molecule has 2 heterocycles. The van der Waals surface area contributed by atoms with E-state index < -0.39 is 0 Å². The molecule has 0 saturated carbocycles. The molecule has 104 valence electrons. The molecule has 2 N–H and O–H groups in total. The largest absolute Gasteiger partial charge is 0.463 e. The van der Waals surface area contributed by atoms with Crippen LogP contribution in [0.2, 0.25) is 0 Å². The van der Waals surface area contributed by atoms with Gasteiger partial charge >= 0.3 is 6.01 Å². The first-order valence-corrected chi connectivity index (χ1v) is 7.04. The van der Waals surface area contributed by atoms with Gasteiger partial charge in [-0.2, -0.15) is 0 Å². The van der Waals surface area contributed by atoms with E-state index >= 15 is 0 Å². The van der Waals surface area contributed by atoms with Crippen molar-refractivity contribution < 1.29 is 9.53 Å². The molecule has 1 aromatic rings. The van der Waals surface area contributed by atoms with Crippen LogP contribution in [0.4, 0.5) is 0 Å². The van der Waals surface area contributed by atoms with Gasteiger partial charge < -0.3 is 10.5 Å². The molecule has 0 spiro atoms. The van der Waals surface area contributed by atoms with Crippen molar-refractivity contribution in [3.63, 3.8) is 0 Å². The van der Waals surface area contributed by atoms with Gasteiger partial charge in [0.25, 0.3) is 0 Å². The van der Waals surface area contributed by atoms with Crippen LogP contribution in [0.15, 0.2) is 16.9 Å². The second-order valence-corrected chi connectivity index (χ2v) is 5.60. The van der Waals surface area contributed by atoms with Crippen molar-refractivity contribution in [2.24, 2.45) is 11.7 Å². The zero-order chi connectivity index (χ0) is 13.7. The maximum atomic E-state index is 10.8. The number of amides is 1. The van der Waals surface area contributed by atoms with Gasteiger partial charge in [-0.3, -0.25) is 9.69 Å². The molecular weight excluding hydrogens is 312 g/mol. The van der Waals surface area contributed by atoms with Gasteiger partial charge in [0.05, 0.1) is 17.6 Å². The van der Waals surface area contributed by atoms with Crippen LogP contribution in [-0.2, 0) is 4.79 Å². The van der Waals surface area contributed by atoms with Crippen molar-refractivity contribution in [3.05, 3.63) is 16.9 Å². The zero-order valence-corrected chi connectivity index (χ0v) is 12.2. The van der Waals surface area contributed by atoms with Gasteiger partial charge in [0.1, 0.15) is 0 Å². The summed E-state index contributed by atoms with van der Waals surface area (Å²) in [5.74, 6) is 0.217. The molecule has 1 saturated heterocycles. The van der Waals surface area contributed by atoms with Crippen LogP contribution in [0.1, 0.15) is 12.8 Å². The molecule has 0 aromatic carbocycles. The number of aromatic nitrogens is 2. The van der Waals surface area contributed by atoms with Gasteiger partial charge in [-0.15, -0.1) is 0 Å². The molecule has 1 fully saturated rings. The van der Waals surface area contributed by atoms with E-state index in [-0.39, 0.29) is 5.91 Å². The van der Waals surface area contributed by atoms with E-state index in [0.29, 0.717) is 25.1 Å². The highest BCUT2D eigenvalue weighted by atomic mass is 79.9. The van der Waals surface area contributed by atoms with Crippen LogP contribution < -0.4 is 10.5 Å². The standard InChI is InChI=1S/C12H17BrN4O2/c13-10-5-15-12(16-6-10)19-8-9-1-3-17(4-2-9)7-11(14)18/h5-6,9H,1-4,7-8H2,(H2,14,18). The lowest BCUT2D eigenvalue weighted by Crippen LogP contribution is -2.40. The van der Waals surface area contributed by atoms with Gasteiger partial charge in [-0.1, -0.05) is 0 Å². The minimum Gasteiger partial charge on any atom is -0.463 e. The number of nitrogens with two attached hydrogens (primary N) is 1. The summed E-state index contributed by atoms with van der Waals surface area (Å²) in [5, 5.41) is 0. The van der Waals surface area contributed by atoms with Crippen LogP contribution in [0.25, 0.3) is 0 Å². The van der Waals surface area contributed by atoms with E-state index in [1.807, 2.05) is 0 Å². The lowest BCUT2D eigenvalue weighted by Gasteiger charge is -2.30. The fourth-order valence-corrected chi connectivity index (χ4v) is 2.30. The van der Waals surface area contributed by atoms with E-state index in [0.717, 1.165) is 30.4 Å². The van der Waals surface area contributed by atoms with Gasteiger partial charge in [0.15, 0.2) is 0 Å². The van der Waals surface area contributed by atoms with Crippen LogP contribution in [0.5, 0.6) is 6.01 Å². The van der Waals surface area contributed by atoms with Gasteiger partial charge in [-0.25, -0.2) is 9.97 Å². The summed E-state index contributed by atoms with van der Waals surface area (Å²) in [5.41, 5.74) is 5.18. The molecule has 0 radical (unpaired) electrons. The molecule has 7 heteroatoms. The smallest absolute Gasteiger partial charge is 0.316 e. The summed E-state index contributed by atoms with van der Waals surface area (Å²) in [4.78, 5) is 21.0. The fourth-order valence-electron chi connectivity index (χ4n) is 2.10. The Morgan fingerprint density at radius 1 is 1.42 bits per heavy atom. The molecule has 2 rings (SSSR count). The van der Waals surface area contributed by atoms with Crippen molar-refractivity contribution in [1.82, 2.24) is 14.9 Å². The normalized spacial score (nSPS) is 17.3. The predicted octanol–water partition coefficient (Wildman–Crippen LogP) is 0.815. The van der Waals surface area contributed by atoms with Gasteiger partial charge in [0.2, 0.25) is 5.91 Å². The summed E-state index contributed by atoms with van der Waals surface area (Å²) in [6.45, 7) is 2.74. The third-order valence-corrected chi connectivity index (χ3v) is 3.54. The van der Waals surface area contributed by atoms with Gasteiger partial charge in [-0.05, 0) is 47.8 Å². The fraction of sp³-hybridized carbons (Fsp3) is 0.583. The number of carbonyl (C=O) groups excluding carboxylic acids is 1. The SMILES string of the molecule is NC(=O)CN1CCC(COc2ncc(Br)cn2)CC1. The molecule has 1 aliphatic heterocycles. The molecule has 19 heavy (non-hydrogen) atoms. The minimum absolute atomic E-state index is 0.266. The number of rotatable bonds is 5. The van der Waals surface area contributed by atoms with E-state index in [1.165, 1.54) is 0 Å². The van der Waals surface area contributed by atoms with E-state index in [9.17, 15) is 4.79 Å². The van der Waals surface area contributed by atoms with Crippen molar-refractivity contribution in [2.75, 3.05) is 26.2 Å². The highest BCUT2D eigenvalue weighted by Gasteiger charge is 2.20. The lowest BCUT2D eigenvalue weighted by atomic mass is 9.98. The van der Waals surface area contributed by atoms with E-state index in [4.69, 9.17) is 10.5 Å². The number of carbonyl (C=O) groups is 1. The molecular formula is C12H17BrN4O2. The monoisotopic (exact) mass is 328 g/mol. The molecule has 1 amide bonds. The number of hydrogen-bond donors (Lipinski definition) is 1. The Balaban J connectivity index is 1.71. The van der Waals surface area contributed by atoms with Crippen LogP contribution in [0, 0.1) is 5.92 Å². The number of ether oxygens (including phenoxy) is 1. The highest BCUT2D eigenvalue weighted by Crippen LogP contribution is 2.18. The van der Waals surface area contributed by atoms with Crippen LogP contribution >= 0.6 is 15.9 Å². The molecule has 1 aromatic heterocycles. The molecule has 1 aliphatic rings. The quantitative estimate of drug-likeness (QED) is 0.865. The first kappa shape index (κ1) is 14.2. The summed E-state index contributed by atoms with van der Waals surface area (Å²) in [6.07, 6.45) is 5.34. The number of halogens is 1. The Bertz CT molecular complexity index is 418. The molecule has 0 unspecified atom stereocenters. The Hall–Kier alpha value is -1.21. The molecule has 0 atom stereocenters. The summed E-state index contributed by atoms with van der Waals surface area (Å²) < 4.78 is 6.40. The third kappa shape index (κ3) is 4.76. The van der Waals surface area contributed by atoms with E-state index in [1.54, 1.807) is 12.4 Å². The minimum atomic E-state index is -0.266. The Morgan fingerprint density at radius 2 is 2.05 bits per heavy atom. The second kappa shape index (κ2) is 6.81. The summed E-state index contributed by atoms with van der Waals surface area (Å²) >= 11 is 3.28. The second-order valence-electron chi connectivity index (χ2n) is 4.68. The highest BCUT2D eigenvalue weighted by molar-refractivity contribution is 9.10. The molecule has 6 nitrogen and oxygen atoms in total. The maximum Gasteiger partial charge on any atom is 0.316 e. The Labute approximate surface area is 120 Å². The predicted molar refractivity (Wildman–Crippen MR) is 73.6 cm³/mol. The first-order chi connectivity index (χ1) is 9.13. The lowest BCUT2D eigenvalue weighted by molar-refractivity contribution is -0.119. The number of primary amides is 1. The molecule has 0 aliphatic carbocycles. The van der Waals surface area contributed by atoms with Crippen molar-refractivity contribution in [2.45, 2.75) is 12.8 Å². The maximum absolute atomic E-state index is 10.8. The third-order valence-electron chi connectivity index (χ3n) is 3.13. The number of hydrogen-bond acceptors (Lipinski definition) is 5. The topological polar surface area (TPSA) is 81.3 Å². The van der Waals surface area contributed by atoms with Crippen molar-refractivity contribution in [3.8, 4) is 6.01 Å². The Morgan fingerprint density at radius 3 is 2.63 bits per heavy atom.